The van der Waals surface area contributed by atoms with Gasteiger partial charge in [0.15, 0.2) is 5.82 Å². The summed E-state index contributed by atoms with van der Waals surface area (Å²) in [5.41, 5.74) is 3.84. The average Bonchev–Trinajstić information content (AvgIpc) is 3.41. The maximum Gasteiger partial charge on any atom is 0.255 e. The van der Waals surface area contributed by atoms with E-state index in [1.807, 2.05) is 53.6 Å². The summed E-state index contributed by atoms with van der Waals surface area (Å²) in [7, 11) is 0. The number of hydrogen-bond donors (Lipinski definition) is 0. The second-order valence-corrected chi connectivity index (χ2v) is 8.74. The fraction of sp³-hybridized carbons (Fsp3) is 0.231. The number of piperidine rings is 1. The molecule has 1 aliphatic rings. The molecule has 1 amide bonds. The van der Waals surface area contributed by atoms with Crippen LogP contribution in [0.25, 0.3) is 5.82 Å². The molecule has 0 unspecified atom stereocenters. The molecule has 0 radical (unpaired) electrons. The van der Waals surface area contributed by atoms with E-state index in [9.17, 15) is 4.79 Å². The minimum atomic E-state index is 0.0107. The first-order valence-electron chi connectivity index (χ1n) is 11.1. The van der Waals surface area contributed by atoms with Crippen LogP contribution in [0.15, 0.2) is 79.3 Å². The number of nitrogens with zero attached hydrogens (tertiary/aromatic N) is 5. The van der Waals surface area contributed by atoms with Gasteiger partial charge in [0, 0.05) is 60.4 Å². The first kappa shape index (κ1) is 21.3. The maximum atomic E-state index is 13.1. The van der Waals surface area contributed by atoms with Gasteiger partial charge in [0.1, 0.15) is 0 Å². The molecule has 0 aliphatic carbocycles. The summed E-state index contributed by atoms with van der Waals surface area (Å²) in [6, 6.07) is 19.5. The first-order valence-corrected chi connectivity index (χ1v) is 11.5. The lowest BCUT2D eigenvalue weighted by atomic mass is 9.93. The zero-order valence-electron chi connectivity index (χ0n) is 18.1. The summed E-state index contributed by atoms with van der Waals surface area (Å²) in [6.45, 7) is 1.41. The molecule has 0 bridgehead atoms. The van der Waals surface area contributed by atoms with Crippen LogP contribution in [0, 0.1) is 0 Å². The fourth-order valence-corrected chi connectivity index (χ4v) is 4.40. The highest BCUT2D eigenvalue weighted by molar-refractivity contribution is 6.30. The van der Waals surface area contributed by atoms with Crippen molar-refractivity contribution in [2.75, 3.05) is 13.1 Å². The van der Waals surface area contributed by atoms with Gasteiger partial charge >= 0.3 is 0 Å². The van der Waals surface area contributed by atoms with Crippen LogP contribution in [0.3, 0.4) is 0 Å². The normalized spacial score (nSPS) is 16.0. The standard InChI is InChI=1S/C26H24ClN5O/c27-22-10-7-19(8-11-22)16-23-5-1-6-24(30-23)21-4-2-14-31(18-21)26(33)20-9-12-25(28-17-20)32-15-3-13-29-32/h1,3,5-13,15,17,21H,2,4,14,16,18H2/t21-/m0/s1. The molecule has 4 heterocycles. The first-order chi connectivity index (χ1) is 16.2. The maximum absolute atomic E-state index is 13.1. The van der Waals surface area contributed by atoms with Crippen LogP contribution >= 0.6 is 11.6 Å². The van der Waals surface area contributed by atoms with Crippen molar-refractivity contribution in [2.45, 2.75) is 25.2 Å². The number of hydrogen-bond acceptors (Lipinski definition) is 4. The third kappa shape index (κ3) is 4.96. The predicted molar refractivity (Wildman–Crippen MR) is 128 cm³/mol. The van der Waals surface area contributed by atoms with Gasteiger partial charge in [0.05, 0.1) is 5.56 Å². The Morgan fingerprint density at radius 2 is 1.94 bits per heavy atom. The summed E-state index contributed by atoms with van der Waals surface area (Å²) in [4.78, 5) is 24.4. The van der Waals surface area contributed by atoms with Gasteiger partial charge < -0.3 is 4.90 Å². The van der Waals surface area contributed by atoms with Crippen LogP contribution in [0.4, 0.5) is 0 Å². The zero-order chi connectivity index (χ0) is 22.6. The molecule has 7 heteroatoms. The molecular formula is C26H24ClN5O. The fourth-order valence-electron chi connectivity index (χ4n) is 4.27. The third-order valence-electron chi connectivity index (χ3n) is 5.99. The van der Waals surface area contributed by atoms with Crippen molar-refractivity contribution >= 4 is 17.5 Å². The molecule has 166 valence electrons. The highest BCUT2D eigenvalue weighted by atomic mass is 35.5. The van der Waals surface area contributed by atoms with Crippen LogP contribution in [-0.2, 0) is 6.42 Å². The third-order valence-corrected chi connectivity index (χ3v) is 6.24. The lowest BCUT2D eigenvalue weighted by molar-refractivity contribution is 0.0705. The Labute approximate surface area is 197 Å². The van der Waals surface area contributed by atoms with Gasteiger partial charge in [-0.15, -0.1) is 0 Å². The van der Waals surface area contributed by atoms with Gasteiger partial charge in [0.25, 0.3) is 5.91 Å². The van der Waals surface area contributed by atoms with Crippen LogP contribution in [0.2, 0.25) is 5.02 Å². The van der Waals surface area contributed by atoms with Gasteiger partial charge in [-0.3, -0.25) is 9.78 Å². The summed E-state index contributed by atoms with van der Waals surface area (Å²) >= 11 is 6.00. The molecule has 4 aromatic rings. The number of halogens is 1. The van der Waals surface area contributed by atoms with E-state index in [1.54, 1.807) is 17.1 Å². The molecular weight excluding hydrogens is 434 g/mol. The minimum Gasteiger partial charge on any atom is -0.338 e. The number of rotatable bonds is 5. The molecule has 3 aromatic heterocycles. The van der Waals surface area contributed by atoms with Crippen molar-refractivity contribution in [1.82, 2.24) is 24.6 Å². The Morgan fingerprint density at radius 3 is 2.70 bits per heavy atom. The zero-order valence-corrected chi connectivity index (χ0v) is 18.9. The number of benzene rings is 1. The molecule has 1 aromatic carbocycles. The molecule has 1 atom stereocenters. The number of aromatic nitrogens is 4. The second kappa shape index (κ2) is 9.55. The van der Waals surface area contributed by atoms with Crippen LogP contribution in [-0.4, -0.2) is 43.6 Å². The van der Waals surface area contributed by atoms with Gasteiger partial charge in [0.2, 0.25) is 0 Å². The van der Waals surface area contributed by atoms with E-state index in [1.165, 1.54) is 5.56 Å². The van der Waals surface area contributed by atoms with Crippen molar-refractivity contribution in [1.29, 1.82) is 0 Å². The van der Waals surface area contributed by atoms with E-state index in [2.05, 4.69) is 28.3 Å². The van der Waals surface area contributed by atoms with E-state index < -0.39 is 0 Å². The number of carbonyl (C=O) groups is 1. The molecule has 33 heavy (non-hydrogen) atoms. The van der Waals surface area contributed by atoms with Crippen molar-refractivity contribution in [3.8, 4) is 5.82 Å². The molecule has 0 N–H and O–H groups in total. The Bertz CT molecular complexity index is 1220. The monoisotopic (exact) mass is 457 g/mol. The molecule has 0 saturated carbocycles. The molecule has 6 nitrogen and oxygen atoms in total. The van der Waals surface area contributed by atoms with Crippen LogP contribution in [0.5, 0.6) is 0 Å². The average molecular weight is 458 g/mol. The molecule has 0 spiro atoms. The lowest BCUT2D eigenvalue weighted by Crippen LogP contribution is -2.39. The number of pyridine rings is 2. The molecule has 1 saturated heterocycles. The van der Waals surface area contributed by atoms with Crippen LogP contribution in [0.1, 0.15) is 46.1 Å². The lowest BCUT2D eigenvalue weighted by Gasteiger charge is -2.32. The molecule has 1 fully saturated rings. The molecule has 5 rings (SSSR count). The Kier molecular flexibility index (Phi) is 6.17. The minimum absolute atomic E-state index is 0.0107. The van der Waals surface area contributed by atoms with Crippen molar-refractivity contribution in [3.63, 3.8) is 0 Å². The number of likely N-dealkylation sites (tertiary alicyclic amines) is 1. The van der Waals surface area contributed by atoms with E-state index in [0.29, 0.717) is 17.9 Å². The predicted octanol–water partition coefficient (Wildman–Crippen LogP) is 4.93. The van der Waals surface area contributed by atoms with E-state index in [4.69, 9.17) is 16.6 Å². The van der Waals surface area contributed by atoms with Crippen LogP contribution < -0.4 is 0 Å². The van der Waals surface area contributed by atoms with E-state index in [-0.39, 0.29) is 11.8 Å². The second-order valence-electron chi connectivity index (χ2n) is 8.30. The number of amides is 1. The van der Waals surface area contributed by atoms with Gasteiger partial charge in [-0.05, 0) is 60.9 Å². The summed E-state index contributed by atoms with van der Waals surface area (Å²) in [6.07, 6.45) is 7.90. The molecule has 1 aliphatic heterocycles. The number of carbonyl (C=O) groups excluding carboxylic acids is 1. The topological polar surface area (TPSA) is 63.9 Å². The summed E-state index contributed by atoms with van der Waals surface area (Å²) in [5, 5.41) is 4.91. The van der Waals surface area contributed by atoms with Gasteiger partial charge in [-0.1, -0.05) is 29.8 Å². The Morgan fingerprint density at radius 1 is 1.06 bits per heavy atom. The smallest absolute Gasteiger partial charge is 0.255 e. The highest BCUT2D eigenvalue weighted by Crippen LogP contribution is 2.27. The van der Waals surface area contributed by atoms with Crippen molar-refractivity contribution in [2.24, 2.45) is 0 Å². The summed E-state index contributed by atoms with van der Waals surface area (Å²) < 4.78 is 1.67. The Hall–Kier alpha value is -3.51. The highest BCUT2D eigenvalue weighted by Gasteiger charge is 2.26. The largest absolute Gasteiger partial charge is 0.338 e. The quantitative estimate of drug-likeness (QED) is 0.426. The summed E-state index contributed by atoms with van der Waals surface area (Å²) in [5.74, 6) is 0.926. The van der Waals surface area contributed by atoms with Crippen molar-refractivity contribution in [3.05, 3.63) is 107 Å². The van der Waals surface area contributed by atoms with Gasteiger partial charge in [-0.25, -0.2) is 9.67 Å². The SMILES string of the molecule is O=C(c1ccc(-n2cccn2)nc1)N1CCC[C@H](c2cccc(Cc3ccc(Cl)cc3)n2)C1. The van der Waals surface area contributed by atoms with E-state index >= 15 is 0 Å². The van der Waals surface area contributed by atoms with Gasteiger partial charge in [-0.2, -0.15) is 5.10 Å². The van der Waals surface area contributed by atoms with Crippen molar-refractivity contribution < 1.29 is 4.79 Å². The Balaban J connectivity index is 1.27. The van der Waals surface area contributed by atoms with E-state index in [0.717, 1.165) is 42.2 Å².